The highest BCUT2D eigenvalue weighted by molar-refractivity contribution is 8.00. The highest BCUT2D eigenvalue weighted by atomic mass is 35.5. The summed E-state index contributed by atoms with van der Waals surface area (Å²) < 4.78 is 14.4. The van der Waals surface area contributed by atoms with E-state index in [0.717, 1.165) is 16.0 Å². The zero-order valence-corrected chi connectivity index (χ0v) is 19.8. The van der Waals surface area contributed by atoms with Gasteiger partial charge in [-0.1, -0.05) is 59.6 Å². The molecule has 0 heterocycles. The van der Waals surface area contributed by atoms with Crippen LogP contribution in [0.25, 0.3) is 11.1 Å². The standard InChI is InChI=1S/C24H23Cl2NO3S/c1-24(2,3)30-23(28)15-29-22-10-9-17(16-7-5-4-6-8-16)11-21(22)27-31-20-13-18(25)12-19(26)14-20/h4-14,27H,15H2,1-3H3. The van der Waals surface area contributed by atoms with E-state index in [1.165, 1.54) is 11.9 Å². The molecule has 3 aromatic carbocycles. The van der Waals surface area contributed by atoms with E-state index in [-0.39, 0.29) is 6.61 Å². The Morgan fingerprint density at radius 2 is 1.61 bits per heavy atom. The molecule has 0 saturated heterocycles. The summed E-state index contributed by atoms with van der Waals surface area (Å²) in [6.07, 6.45) is 0. The zero-order valence-electron chi connectivity index (χ0n) is 17.4. The molecule has 7 heteroatoms. The third-order valence-electron chi connectivity index (χ3n) is 3.97. The fourth-order valence-corrected chi connectivity index (χ4v) is 4.17. The summed E-state index contributed by atoms with van der Waals surface area (Å²) in [6.45, 7) is 5.27. The number of hydrogen-bond acceptors (Lipinski definition) is 5. The third-order valence-corrected chi connectivity index (χ3v) is 5.20. The molecule has 0 bridgehead atoms. The van der Waals surface area contributed by atoms with Gasteiger partial charge in [0, 0.05) is 14.9 Å². The van der Waals surface area contributed by atoms with Crippen molar-refractivity contribution >= 4 is 46.8 Å². The molecule has 0 unspecified atom stereocenters. The van der Waals surface area contributed by atoms with Crippen molar-refractivity contribution in [1.29, 1.82) is 0 Å². The lowest BCUT2D eigenvalue weighted by atomic mass is 10.1. The molecule has 31 heavy (non-hydrogen) atoms. The van der Waals surface area contributed by atoms with Crippen LogP contribution < -0.4 is 9.46 Å². The van der Waals surface area contributed by atoms with Crippen LogP contribution in [0.15, 0.2) is 71.6 Å². The molecule has 0 fully saturated rings. The lowest BCUT2D eigenvalue weighted by molar-refractivity contribution is -0.157. The van der Waals surface area contributed by atoms with Crippen LogP contribution in [-0.4, -0.2) is 18.2 Å². The second kappa shape index (κ2) is 10.3. The van der Waals surface area contributed by atoms with E-state index >= 15 is 0 Å². The third kappa shape index (κ3) is 7.39. The number of ether oxygens (including phenoxy) is 2. The Morgan fingerprint density at radius 3 is 2.26 bits per heavy atom. The first-order valence-corrected chi connectivity index (χ1v) is 11.2. The van der Waals surface area contributed by atoms with Crippen molar-refractivity contribution < 1.29 is 14.3 Å². The van der Waals surface area contributed by atoms with Gasteiger partial charge in [0.05, 0.1) is 5.69 Å². The minimum Gasteiger partial charge on any atom is -0.480 e. The molecule has 3 rings (SSSR count). The zero-order chi connectivity index (χ0) is 22.4. The van der Waals surface area contributed by atoms with Crippen LogP contribution in [0.5, 0.6) is 5.75 Å². The molecule has 0 atom stereocenters. The molecule has 4 nitrogen and oxygen atoms in total. The maximum Gasteiger partial charge on any atom is 0.344 e. The second-order valence-corrected chi connectivity index (χ2v) is 9.51. The van der Waals surface area contributed by atoms with Crippen LogP contribution in [-0.2, 0) is 9.53 Å². The number of rotatable bonds is 7. The lowest BCUT2D eigenvalue weighted by Crippen LogP contribution is -2.27. The van der Waals surface area contributed by atoms with Crippen LogP contribution in [0.2, 0.25) is 10.0 Å². The maximum absolute atomic E-state index is 12.1. The van der Waals surface area contributed by atoms with Gasteiger partial charge < -0.3 is 14.2 Å². The maximum atomic E-state index is 12.1. The number of carbonyl (C=O) groups is 1. The predicted molar refractivity (Wildman–Crippen MR) is 129 cm³/mol. The van der Waals surface area contributed by atoms with E-state index in [1.54, 1.807) is 6.07 Å². The number of nitrogens with one attached hydrogen (secondary N) is 1. The van der Waals surface area contributed by atoms with E-state index in [1.807, 2.05) is 81.4 Å². The second-order valence-electron chi connectivity index (χ2n) is 7.76. The molecular weight excluding hydrogens is 453 g/mol. The average Bonchev–Trinajstić information content (AvgIpc) is 2.69. The Bertz CT molecular complexity index is 1030. The van der Waals surface area contributed by atoms with E-state index < -0.39 is 11.6 Å². The molecule has 0 aromatic heterocycles. The first-order valence-electron chi connectivity index (χ1n) is 9.63. The molecule has 162 valence electrons. The van der Waals surface area contributed by atoms with Crippen LogP contribution in [0.4, 0.5) is 5.69 Å². The molecule has 0 saturated carbocycles. The first-order chi connectivity index (χ1) is 14.7. The number of halogens is 2. The minimum atomic E-state index is -0.569. The summed E-state index contributed by atoms with van der Waals surface area (Å²) in [5.74, 6) is 0.103. The number of anilines is 1. The summed E-state index contributed by atoms with van der Waals surface area (Å²) in [5, 5.41) is 1.10. The van der Waals surface area contributed by atoms with Gasteiger partial charge in [0.15, 0.2) is 6.61 Å². The van der Waals surface area contributed by atoms with Crippen LogP contribution in [0, 0.1) is 0 Å². The fraction of sp³-hybridized carbons (Fsp3) is 0.208. The van der Waals surface area contributed by atoms with Crippen molar-refractivity contribution in [2.45, 2.75) is 31.3 Å². The normalized spacial score (nSPS) is 11.1. The Morgan fingerprint density at radius 1 is 0.935 bits per heavy atom. The van der Waals surface area contributed by atoms with Crippen LogP contribution >= 0.6 is 35.1 Å². The van der Waals surface area contributed by atoms with Gasteiger partial charge >= 0.3 is 5.97 Å². The molecule has 0 radical (unpaired) electrons. The topological polar surface area (TPSA) is 47.6 Å². The number of hydrogen-bond donors (Lipinski definition) is 1. The van der Waals surface area contributed by atoms with Crippen molar-refractivity contribution in [3.05, 3.63) is 76.8 Å². The molecule has 0 aliphatic heterocycles. The Balaban J connectivity index is 1.82. The van der Waals surface area contributed by atoms with Crippen molar-refractivity contribution in [1.82, 2.24) is 0 Å². The lowest BCUT2D eigenvalue weighted by Gasteiger charge is -2.20. The monoisotopic (exact) mass is 475 g/mol. The highest BCUT2D eigenvalue weighted by Crippen LogP contribution is 2.35. The molecule has 1 N–H and O–H groups in total. The van der Waals surface area contributed by atoms with Crippen molar-refractivity contribution in [3.63, 3.8) is 0 Å². The summed E-state index contributed by atoms with van der Waals surface area (Å²) in [6, 6.07) is 21.1. The quantitative estimate of drug-likeness (QED) is 0.283. The number of esters is 1. The predicted octanol–water partition coefficient (Wildman–Crippen LogP) is 7.50. The molecule has 0 aliphatic rings. The van der Waals surface area contributed by atoms with Gasteiger partial charge in [0.25, 0.3) is 0 Å². The minimum absolute atomic E-state index is 0.190. The Hall–Kier alpha value is -2.34. The smallest absolute Gasteiger partial charge is 0.344 e. The summed E-state index contributed by atoms with van der Waals surface area (Å²) >= 11 is 13.6. The Kier molecular flexibility index (Phi) is 7.76. The SMILES string of the molecule is CC(C)(C)OC(=O)COc1ccc(-c2ccccc2)cc1NSc1cc(Cl)cc(Cl)c1. The first kappa shape index (κ1) is 23.3. The van der Waals surface area contributed by atoms with Crippen molar-refractivity contribution in [3.8, 4) is 16.9 Å². The summed E-state index contributed by atoms with van der Waals surface area (Å²) in [7, 11) is 0. The van der Waals surface area contributed by atoms with E-state index in [2.05, 4.69) is 4.72 Å². The van der Waals surface area contributed by atoms with Crippen LogP contribution in [0.3, 0.4) is 0 Å². The van der Waals surface area contributed by atoms with E-state index in [0.29, 0.717) is 21.5 Å². The van der Waals surface area contributed by atoms with Crippen molar-refractivity contribution in [2.24, 2.45) is 0 Å². The number of benzene rings is 3. The van der Waals surface area contributed by atoms with Gasteiger partial charge in [-0.2, -0.15) is 0 Å². The molecule has 3 aromatic rings. The van der Waals surface area contributed by atoms with Gasteiger partial charge in [-0.15, -0.1) is 0 Å². The van der Waals surface area contributed by atoms with Crippen LogP contribution in [0.1, 0.15) is 20.8 Å². The fourth-order valence-electron chi connectivity index (χ4n) is 2.75. The van der Waals surface area contributed by atoms with Gasteiger partial charge in [-0.25, -0.2) is 4.79 Å². The van der Waals surface area contributed by atoms with Gasteiger partial charge in [-0.05, 0) is 74.2 Å². The van der Waals surface area contributed by atoms with Gasteiger partial charge in [0.1, 0.15) is 11.4 Å². The average molecular weight is 476 g/mol. The van der Waals surface area contributed by atoms with Gasteiger partial charge in [-0.3, -0.25) is 0 Å². The van der Waals surface area contributed by atoms with E-state index in [9.17, 15) is 4.79 Å². The summed E-state index contributed by atoms with van der Waals surface area (Å²) in [4.78, 5) is 12.9. The molecule has 0 amide bonds. The van der Waals surface area contributed by atoms with E-state index in [4.69, 9.17) is 32.7 Å². The molecule has 0 aliphatic carbocycles. The number of carbonyl (C=O) groups excluding carboxylic acids is 1. The summed E-state index contributed by atoms with van der Waals surface area (Å²) in [5.41, 5.74) is 2.23. The van der Waals surface area contributed by atoms with Crippen molar-refractivity contribution in [2.75, 3.05) is 11.3 Å². The highest BCUT2D eigenvalue weighted by Gasteiger charge is 2.17. The Labute approximate surface area is 197 Å². The molecular formula is C24H23Cl2NO3S. The largest absolute Gasteiger partial charge is 0.480 e. The van der Waals surface area contributed by atoms with Gasteiger partial charge in [0.2, 0.25) is 0 Å². The molecule has 0 spiro atoms.